The van der Waals surface area contributed by atoms with Crippen molar-refractivity contribution in [1.29, 1.82) is 0 Å². The minimum absolute atomic E-state index is 0.178. The molecule has 0 atom stereocenters. The van der Waals surface area contributed by atoms with Crippen molar-refractivity contribution in [3.8, 4) is 11.1 Å². The van der Waals surface area contributed by atoms with E-state index in [9.17, 15) is 9.59 Å². The summed E-state index contributed by atoms with van der Waals surface area (Å²) in [5, 5.41) is 4.00. The SMILES string of the molecule is CCCCN(C(=O)Nc1c(C(C)C)cc(-c2ccc(Br)cc2)cc1C(C)C)c1cc2cccnc2[nH]c1=O. The van der Waals surface area contributed by atoms with Gasteiger partial charge in [0.05, 0.1) is 0 Å². The van der Waals surface area contributed by atoms with Crippen molar-refractivity contribution in [1.82, 2.24) is 9.97 Å². The predicted molar refractivity (Wildman–Crippen MR) is 161 cm³/mol. The average molecular weight is 576 g/mol. The van der Waals surface area contributed by atoms with Crippen LogP contribution in [0.5, 0.6) is 0 Å². The summed E-state index contributed by atoms with van der Waals surface area (Å²) < 4.78 is 1.03. The van der Waals surface area contributed by atoms with E-state index in [1.54, 1.807) is 17.2 Å². The Bertz CT molecular complexity index is 1460. The van der Waals surface area contributed by atoms with Crippen LogP contribution in [-0.4, -0.2) is 22.5 Å². The second kappa shape index (κ2) is 11.9. The lowest BCUT2D eigenvalue weighted by Crippen LogP contribution is -2.39. The van der Waals surface area contributed by atoms with Crippen LogP contribution in [0.15, 0.2) is 70.1 Å². The van der Waals surface area contributed by atoms with Crippen LogP contribution in [0.2, 0.25) is 0 Å². The largest absolute Gasteiger partial charge is 0.326 e. The number of fused-ring (bicyclic) bond motifs is 1. The highest BCUT2D eigenvalue weighted by Crippen LogP contribution is 2.38. The summed E-state index contributed by atoms with van der Waals surface area (Å²) in [6.07, 6.45) is 3.31. The molecule has 0 unspecified atom stereocenters. The zero-order valence-corrected chi connectivity index (χ0v) is 24.2. The molecular formula is C31H35BrN4O2. The third kappa shape index (κ3) is 5.99. The fourth-order valence-electron chi connectivity index (χ4n) is 4.60. The van der Waals surface area contributed by atoms with Gasteiger partial charge >= 0.3 is 6.03 Å². The highest BCUT2D eigenvalue weighted by molar-refractivity contribution is 9.10. The van der Waals surface area contributed by atoms with E-state index in [4.69, 9.17) is 0 Å². The lowest BCUT2D eigenvalue weighted by Gasteiger charge is -2.27. The number of aromatic nitrogens is 2. The number of aromatic amines is 1. The van der Waals surface area contributed by atoms with Gasteiger partial charge in [-0.15, -0.1) is 0 Å². The molecule has 4 rings (SSSR count). The van der Waals surface area contributed by atoms with E-state index < -0.39 is 0 Å². The minimum atomic E-state index is -0.332. The van der Waals surface area contributed by atoms with Gasteiger partial charge in [0, 0.05) is 28.3 Å². The third-order valence-corrected chi connectivity index (χ3v) is 7.25. The van der Waals surface area contributed by atoms with Crippen LogP contribution in [0.1, 0.15) is 70.4 Å². The first-order valence-electron chi connectivity index (χ1n) is 13.2. The Labute approximate surface area is 232 Å². The molecule has 0 aliphatic heterocycles. The molecule has 2 heterocycles. The van der Waals surface area contributed by atoms with Gasteiger partial charge in [-0.1, -0.05) is 69.1 Å². The molecule has 0 radical (unpaired) electrons. The number of unbranched alkanes of at least 4 members (excludes halogenated alkanes) is 1. The van der Waals surface area contributed by atoms with Gasteiger partial charge in [0.15, 0.2) is 0 Å². The first-order valence-corrected chi connectivity index (χ1v) is 14.0. The zero-order valence-electron chi connectivity index (χ0n) is 22.6. The summed E-state index contributed by atoms with van der Waals surface area (Å²) in [7, 11) is 0. The number of urea groups is 1. The Morgan fingerprint density at radius 1 is 1.00 bits per heavy atom. The number of rotatable bonds is 8. The van der Waals surface area contributed by atoms with Crippen LogP contribution in [0.25, 0.3) is 22.2 Å². The maximum Gasteiger partial charge on any atom is 0.326 e. The van der Waals surface area contributed by atoms with Gasteiger partial charge in [-0.05, 0) is 83.0 Å². The van der Waals surface area contributed by atoms with E-state index in [1.165, 1.54) is 0 Å². The number of nitrogens with one attached hydrogen (secondary N) is 2. The van der Waals surface area contributed by atoms with Gasteiger partial charge in [-0.25, -0.2) is 9.78 Å². The number of hydrogen-bond donors (Lipinski definition) is 2. The average Bonchev–Trinajstić information content (AvgIpc) is 2.89. The van der Waals surface area contributed by atoms with E-state index in [1.807, 2.05) is 24.3 Å². The Morgan fingerprint density at radius 3 is 2.26 bits per heavy atom. The molecular weight excluding hydrogens is 540 g/mol. The normalized spacial score (nSPS) is 11.4. The van der Waals surface area contributed by atoms with E-state index in [0.717, 1.165) is 50.6 Å². The van der Waals surface area contributed by atoms with Crippen molar-refractivity contribution in [3.63, 3.8) is 0 Å². The third-order valence-electron chi connectivity index (χ3n) is 6.72. The molecule has 0 saturated heterocycles. The molecule has 4 aromatic rings. The summed E-state index contributed by atoms with van der Waals surface area (Å²) in [5.74, 6) is 0.356. The lowest BCUT2D eigenvalue weighted by molar-refractivity contribution is 0.256. The Hall–Kier alpha value is -3.45. The van der Waals surface area contributed by atoms with E-state index in [0.29, 0.717) is 17.9 Å². The molecule has 198 valence electrons. The van der Waals surface area contributed by atoms with Crippen LogP contribution in [0.3, 0.4) is 0 Å². The Balaban J connectivity index is 1.79. The van der Waals surface area contributed by atoms with Gasteiger partial charge in [-0.3, -0.25) is 9.69 Å². The molecule has 0 aliphatic carbocycles. The van der Waals surface area contributed by atoms with Crippen molar-refractivity contribution >= 4 is 44.4 Å². The van der Waals surface area contributed by atoms with Gasteiger partial charge in [0.25, 0.3) is 5.56 Å². The van der Waals surface area contributed by atoms with E-state index in [-0.39, 0.29) is 23.4 Å². The molecule has 2 amide bonds. The first kappa shape index (κ1) is 27.6. The smallest absolute Gasteiger partial charge is 0.307 e. The molecule has 38 heavy (non-hydrogen) atoms. The second-order valence-electron chi connectivity index (χ2n) is 10.2. The van der Waals surface area contributed by atoms with Gasteiger partial charge in [0.1, 0.15) is 11.3 Å². The van der Waals surface area contributed by atoms with Crippen molar-refractivity contribution in [2.45, 2.75) is 59.3 Å². The van der Waals surface area contributed by atoms with E-state index >= 15 is 0 Å². The highest BCUT2D eigenvalue weighted by atomic mass is 79.9. The number of pyridine rings is 2. The molecule has 2 aromatic heterocycles. The highest BCUT2D eigenvalue weighted by Gasteiger charge is 2.24. The summed E-state index contributed by atoms with van der Waals surface area (Å²) >= 11 is 3.52. The fourth-order valence-corrected chi connectivity index (χ4v) is 4.86. The Morgan fingerprint density at radius 2 is 1.66 bits per heavy atom. The second-order valence-corrected chi connectivity index (χ2v) is 11.1. The van der Waals surface area contributed by atoms with Gasteiger partial charge in [0.2, 0.25) is 0 Å². The van der Waals surface area contributed by atoms with Crippen molar-refractivity contribution in [2.75, 3.05) is 16.8 Å². The van der Waals surface area contributed by atoms with Gasteiger partial charge < -0.3 is 10.3 Å². The summed E-state index contributed by atoms with van der Waals surface area (Å²) in [6, 6.07) is 17.7. The van der Waals surface area contributed by atoms with Crippen molar-refractivity contribution in [3.05, 3.63) is 86.7 Å². The maximum absolute atomic E-state index is 13.9. The summed E-state index contributed by atoms with van der Waals surface area (Å²) in [5.41, 5.74) is 5.68. The molecule has 0 saturated carbocycles. The quantitative estimate of drug-likeness (QED) is 0.221. The van der Waals surface area contributed by atoms with E-state index in [2.05, 4.69) is 90.1 Å². The van der Waals surface area contributed by atoms with Crippen molar-refractivity contribution in [2.24, 2.45) is 0 Å². The number of H-pyrrole nitrogens is 1. The first-order chi connectivity index (χ1) is 18.2. The monoisotopic (exact) mass is 574 g/mol. The van der Waals surface area contributed by atoms with Crippen LogP contribution in [0.4, 0.5) is 16.2 Å². The maximum atomic E-state index is 13.9. The van der Waals surface area contributed by atoms with Crippen LogP contribution in [-0.2, 0) is 0 Å². The fraction of sp³-hybridized carbons (Fsp3) is 0.323. The number of carbonyl (C=O) groups is 1. The summed E-state index contributed by atoms with van der Waals surface area (Å²) in [6.45, 7) is 11.0. The van der Waals surface area contributed by atoms with Crippen LogP contribution >= 0.6 is 15.9 Å². The number of hydrogen-bond acceptors (Lipinski definition) is 3. The zero-order chi connectivity index (χ0) is 27.4. The standard InChI is InChI=1S/C31H35BrN4O2/c1-6-7-15-36(27-18-22-9-8-14-33-29(22)35-30(27)37)31(38)34-28-25(19(2)3)16-23(17-26(28)20(4)5)21-10-12-24(32)13-11-21/h8-14,16-20H,6-7,15H2,1-5H3,(H,34,38)(H,33,35,37). The lowest BCUT2D eigenvalue weighted by atomic mass is 9.88. The number of benzene rings is 2. The number of nitrogens with zero attached hydrogens (tertiary/aromatic N) is 2. The minimum Gasteiger partial charge on any atom is -0.307 e. The van der Waals surface area contributed by atoms with Gasteiger partial charge in [-0.2, -0.15) is 0 Å². The van der Waals surface area contributed by atoms with Crippen LogP contribution in [0, 0.1) is 0 Å². The molecule has 2 N–H and O–H groups in total. The number of amides is 2. The topological polar surface area (TPSA) is 78.1 Å². The molecule has 2 aromatic carbocycles. The number of anilines is 2. The molecule has 7 heteroatoms. The van der Waals surface area contributed by atoms with Crippen molar-refractivity contribution < 1.29 is 4.79 Å². The molecule has 0 spiro atoms. The summed E-state index contributed by atoms with van der Waals surface area (Å²) in [4.78, 5) is 35.6. The number of halogens is 1. The Kier molecular flexibility index (Phi) is 8.67. The molecule has 6 nitrogen and oxygen atoms in total. The molecule has 0 fully saturated rings. The predicted octanol–water partition coefficient (Wildman–Crippen LogP) is 8.44. The molecule has 0 aliphatic rings. The molecule has 0 bridgehead atoms. The van der Waals surface area contributed by atoms with Crippen LogP contribution < -0.4 is 15.8 Å². The number of carbonyl (C=O) groups excluding carboxylic acids is 1.